The van der Waals surface area contributed by atoms with Crippen LogP contribution in [0.25, 0.3) is 0 Å². The standard InChI is InChI=1S/C15H20N4O5S/c1-17(2)25(22,23)19-7-5-18(6-8-19)15(21)11-3-4-13-12(9-11)16-14(20)10-24-13/h3-4,9H,5-8,10H2,1-2H3,(H,16,20). The molecule has 3 rings (SSSR count). The molecule has 25 heavy (non-hydrogen) atoms. The second-order valence-electron chi connectivity index (χ2n) is 6.03. The van der Waals surface area contributed by atoms with Crippen molar-refractivity contribution in [2.45, 2.75) is 0 Å². The number of ether oxygens (including phenoxy) is 1. The lowest BCUT2D eigenvalue weighted by Crippen LogP contribution is -2.53. The van der Waals surface area contributed by atoms with Crippen molar-refractivity contribution >= 4 is 27.7 Å². The van der Waals surface area contributed by atoms with E-state index in [2.05, 4.69) is 5.32 Å². The first-order valence-corrected chi connectivity index (χ1v) is 9.22. The van der Waals surface area contributed by atoms with Crippen LogP contribution in [0.4, 0.5) is 5.69 Å². The Hall–Kier alpha value is -2.17. The summed E-state index contributed by atoms with van der Waals surface area (Å²) in [6.45, 7) is 1.08. The Morgan fingerprint density at radius 2 is 1.88 bits per heavy atom. The summed E-state index contributed by atoms with van der Waals surface area (Å²) >= 11 is 0. The third kappa shape index (κ3) is 3.46. The van der Waals surface area contributed by atoms with Gasteiger partial charge in [0.1, 0.15) is 5.75 Å². The second-order valence-corrected chi connectivity index (χ2v) is 8.17. The van der Waals surface area contributed by atoms with Crippen LogP contribution in [0.5, 0.6) is 5.75 Å². The highest BCUT2D eigenvalue weighted by atomic mass is 32.2. The van der Waals surface area contributed by atoms with E-state index in [1.54, 1.807) is 23.1 Å². The van der Waals surface area contributed by atoms with Crippen molar-refractivity contribution in [2.75, 3.05) is 52.2 Å². The Morgan fingerprint density at radius 3 is 2.52 bits per heavy atom. The van der Waals surface area contributed by atoms with E-state index >= 15 is 0 Å². The van der Waals surface area contributed by atoms with E-state index in [-0.39, 0.29) is 31.5 Å². The molecule has 10 heteroatoms. The van der Waals surface area contributed by atoms with Crippen LogP contribution < -0.4 is 10.1 Å². The summed E-state index contributed by atoms with van der Waals surface area (Å²) in [5.41, 5.74) is 0.893. The summed E-state index contributed by atoms with van der Waals surface area (Å²) in [6.07, 6.45) is 0. The number of fused-ring (bicyclic) bond motifs is 1. The van der Waals surface area contributed by atoms with Crippen LogP contribution in [0.15, 0.2) is 18.2 Å². The van der Waals surface area contributed by atoms with E-state index in [0.717, 1.165) is 4.31 Å². The van der Waals surface area contributed by atoms with E-state index in [0.29, 0.717) is 30.1 Å². The van der Waals surface area contributed by atoms with Gasteiger partial charge >= 0.3 is 0 Å². The predicted octanol–water partition coefficient (Wildman–Crippen LogP) is -0.418. The minimum Gasteiger partial charge on any atom is -0.482 e. The fraction of sp³-hybridized carbons (Fsp3) is 0.467. The highest BCUT2D eigenvalue weighted by molar-refractivity contribution is 7.86. The fourth-order valence-electron chi connectivity index (χ4n) is 2.75. The number of carbonyl (C=O) groups is 2. The molecule has 0 bridgehead atoms. The van der Waals surface area contributed by atoms with Crippen LogP contribution in [-0.2, 0) is 15.0 Å². The third-order valence-electron chi connectivity index (χ3n) is 4.17. The number of amides is 2. The van der Waals surface area contributed by atoms with Crippen LogP contribution in [0.1, 0.15) is 10.4 Å². The molecule has 2 aliphatic heterocycles. The Kier molecular flexibility index (Phi) is 4.67. The molecule has 1 N–H and O–H groups in total. The van der Waals surface area contributed by atoms with Crippen molar-refractivity contribution in [1.29, 1.82) is 0 Å². The molecule has 2 heterocycles. The average molecular weight is 368 g/mol. The summed E-state index contributed by atoms with van der Waals surface area (Å²) in [4.78, 5) is 25.7. The maximum atomic E-state index is 12.7. The van der Waals surface area contributed by atoms with Gasteiger partial charge in [-0.2, -0.15) is 17.0 Å². The predicted molar refractivity (Wildman–Crippen MR) is 90.7 cm³/mol. The van der Waals surface area contributed by atoms with Crippen LogP contribution in [0, 0.1) is 0 Å². The van der Waals surface area contributed by atoms with E-state index in [1.807, 2.05) is 0 Å². The number of hydrogen-bond acceptors (Lipinski definition) is 5. The Bertz CT molecular complexity index is 800. The molecule has 0 saturated carbocycles. The third-order valence-corrected chi connectivity index (χ3v) is 6.11. The molecule has 1 aromatic rings. The maximum absolute atomic E-state index is 12.7. The molecule has 0 unspecified atom stereocenters. The van der Waals surface area contributed by atoms with Crippen molar-refractivity contribution < 1.29 is 22.7 Å². The van der Waals surface area contributed by atoms with Gasteiger partial charge in [-0.25, -0.2) is 0 Å². The lowest BCUT2D eigenvalue weighted by Gasteiger charge is -2.35. The number of rotatable bonds is 3. The van der Waals surface area contributed by atoms with Gasteiger partial charge in [-0.05, 0) is 18.2 Å². The molecule has 1 fully saturated rings. The topological polar surface area (TPSA) is 99.3 Å². The second kappa shape index (κ2) is 6.62. The van der Waals surface area contributed by atoms with Gasteiger partial charge in [0.15, 0.2) is 6.61 Å². The van der Waals surface area contributed by atoms with Crippen LogP contribution in [0.3, 0.4) is 0 Å². The summed E-state index contributed by atoms with van der Waals surface area (Å²) < 4.78 is 32.0. The number of hydrogen-bond donors (Lipinski definition) is 1. The zero-order chi connectivity index (χ0) is 18.2. The van der Waals surface area contributed by atoms with Crippen molar-refractivity contribution in [3.05, 3.63) is 23.8 Å². The molecule has 136 valence electrons. The number of carbonyl (C=O) groups excluding carboxylic acids is 2. The van der Waals surface area contributed by atoms with Crippen LogP contribution in [-0.4, -0.2) is 80.6 Å². The first-order chi connectivity index (χ1) is 11.8. The Labute approximate surface area is 146 Å². The summed E-state index contributed by atoms with van der Waals surface area (Å²) in [6, 6.07) is 4.87. The molecule has 2 aliphatic rings. The van der Waals surface area contributed by atoms with Crippen molar-refractivity contribution in [3.63, 3.8) is 0 Å². The molecule has 0 atom stereocenters. The van der Waals surface area contributed by atoms with Gasteiger partial charge in [-0.1, -0.05) is 0 Å². The van der Waals surface area contributed by atoms with Gasteiger partial charge in [-0.15, -0.1) is 0 Å². The first-order valence-electron chi connectivity index (χ1n) is 7.82. The summed E-state index contributed by atoms with van der Waals surface area (Å²) in [5, 5.41) is 2.67. The van der Waals surface area contributed by atoms with Gasteiger partial charge < -0.3 is 15.0 Å². The monoisotopic (exact) mass is 368 g/mol. The maximum Gasteiger partial charge on any atom is 0.281 e. The van der Waals surface area contributed by atoms with E-state index in [9.17, 15) is 18.0 Å². The van der Waals surface area contributed by atoms with Gasteiger partial charge in [-0.3, -0.25) is 9.59 Å². The smallest absolute Gasteiger partial charge is 0.281 e. The fourth-order valence-corrected chi connectivity index (χ4v) is 3.84. The molecule has 0 radical (unpaired) electrons. The zero-order valence-corrected chi connectivity index (χ0v) is 14.9. The molecule has 9 nitrogen and oxygen atoms in total. The molecular formula is C15H20N4O5S. The van der Waals surface area contributed by atoms with E-state index in [1.165, 1.54) is 18.4 Å². The largest absolute Gasteiger partial charge is 0.482 e. The quantitative estimate of drug-likeness (QED) is 0.781. The Morgan fingerprint density at radius 1 is 1.20 bits per heavy atom. The van der Waals surface area contributed by atoms with Gasteiger partial charge in [0, 0.05) is 45.8 Å². The molecule has 0 aliphatic carbocycles. The minimum absolute atomic E-state index is 0.0391. The van der Waals surface area contributed by atoms with Crippen molar-refractivity contribution in [2.24, 2.45) is 0 Å². The SMILES string of the molecule is CN(C)S(=O)(=O)N1CCN(C(=O)c2ccc3c(c2)NC(=O)CO3)CC1. The lowest BCUT2D eigenvalue weighted by atomic mass is 10.1. The molecule has 2 amide bonds. The molecular weight excluding hydrogens is 348 g/mol. The summed E-state index contributed by atoms with van der Waals surface area (Å²) in [7, 11) is -0.502. The molecule has 1 saturated heterocycles. The number of anilines is 1. The first kappa shape index (κ1) is 17.6. The minimum atomic E-state index is -3.47. The number of nitrogens with zero attached hydrogens (tertiary/aromatic N) is 3. The normalized spacial score (nSPS) is 18.5. The molecule has 1 aromatic carbocycles. The van der Waals surface area contributed by atoms with E-state index < -0.39 is 10.2 Å². The zero-order valence-electron chi connectivity index (χ0n) is 14.1. The molecule has 0 aromatic heterocycles. The highest BCUT2D eigenvalue weighted by Crippen LogP contribution is 2.29. The Balaban J connectivity index is 1.69. The van der Waals surface area contributed by atoms with Gasteiger partial charge in [0.25, 0.3) is 22.0 Å². The summed E-state index contributed by atoms with van der Waals surface area (Å²) in [5.74, 6) is 0.0576. The van der Waals surface area contributed by atoms with Crippen LogP contribution >= 0.6 is 0 Å². The van der Waals surface area contributed by atoms with Crippen LogP contribution in [0.2, 0.25) is 0 Å². The molecule has 0 spiro atoms. The number of nitrogens with one attached hydrogen (secondary N) is 1. The van der Waals surface area contributed by atoms with E-state index in [4.69, 9.17) is 4.74 Å². The highest BCUT2D eigenvalue weighted by Gasteiger charge is 2.31. The average Bonchev–Trinajstić information content (AvgIpc) is 2.60. The number of benzene rings is 1. The van der Waals surface area contributed by atoms with Crippen molar-refractivity contribution in [1.82, 2.24) is 13.5 Å². The van der Waals surface area contributed by atoms with Gasteiger partial charge in [0.05, 0.1) is 5.69 Å². The number of piperazine rings is 1. The van der Waals surface area contributed by atoms with Gasteiger partial charge in [0.2, 0.25) is 0 Å². The van der Waals surface area contributed by atoms with Crippen molar-refractivity contribution in [3.8, 4) is 5.75 Å². The lowest BCUT2D eigenvalue weighted by molar-refractivity contribution is -0.118.